The van der Waals surface area contributed by atoms with Gasteiger partial charge in [-0.15, -0.1) is 0 Å². The van der Waals surface area contributed by atoms with Crippen LogP contribution in [-0.4, -0.2) is 7.28 Å². The number of rotatable bonds is 1. The second-order valence-corrected chi connectivity index (χ2v) is 7.00. The Morgan fingerprint density at radius 3 is 1.55 bits per heavy atom. The second-order valence-electron chi connectivity index (χ2n) is 7.00. The van der Waals surface area contributed by atoms with Crippen molar-refractivity contribution in [2.75, 3.05) is 0 Å². The molecule has 0 heterocycles. The lowest BCUT2D eigenvalue weighted by molar-refractivity contribution is 0.579. The fraction of sp³-hybridized carbons (Fsp3) is 0.154. The summed E-state index contributed by atoms with van der Waals surface area (Å²) in [6.07, 6.45) is 0. The number of halogens is 2. The fourth-order valence-electron chi connectivity index (χ4n) is 3.16. The molecular formula is C26H20BF2. The molecule has 1 radical (unpaired) electrons. The van der Waals surface area contributed by atoms with Crippen LogP contribution in [0.4, 0.5) is 8.78 Å². The molecule has 3 rings (SSSR count). The van der Waals surface area contributed by atoms with E-state index in [0.717, 1.165) is 22.3 Å². The maximum atomic E-state index is 14.0. The van der Waals surface area contributed by atoms with Crippen LogP contribution < -0.4 is 5.46 Å². The Hall–Kier alpha value is -3.30. The number of hydrogen-bond acceptors (Lipinski definition) is 0. The largest absolute Gasteiger partial charge is 0.206 e. The third-order valence-electron chi connectivity index (χ3n) is 4.62. The summed E-state index contributed by atoms with van der Waals surface area (Å²) in [5, 5.41) is 0. The van der Waals surface area contributed by atoms with Gasteiger partial charge in [0.1, 0.15) is 18.9 Å². The highest BCUT2D eigenvalue weighted by atomic mass is 19.1. The lowest BCUT2D eigenvalue weighted by Crippen LogP contribution is -2.13. The molecule has 141 valence electrons. The zero-order chi connectivity index (χ0) is 21.0. The Bertz CT molecular complexity index is 1140. The van der Waals surface area contributed by atoms with Crippen molar-refractivity contribution in [2.45, 2.75) is 27.6 Å². The predicted octanol–water partition coefficient (Wildman–Crippen LogP) is 5.07. The van der Waals surface area contributed by atoms with Crippen molar-refractivity contribution < 1.29 is 8.78 Å². The van der Waals surface area contributed by atoms with E-state index in [4.69, 9.17) is 0 Å². The van der Waals surface area contributed by atoms with Crippen LogP contribution in [0.2, 0.25) is 6.82 Å². The van der Waals surface area contributed by atoms with Crippen molar-refractivity contribution in [3.8, 4) is 23.7 Å². The maximum absolute atomic E-state index is 14.0. The smallest absolute Gasteiger partial charge is 0.148 e. The lowest BCUT2D eigenvalue weighted by Gasteiger charge is -2.04. The van der Waals surface area contributed by atoms with E-state index in [1.54, 1.807) is 26.2 Å². The van der Waals surface area contributed by atoms with Crippen LogP contribution in [0.15, 0.2) is 48.5 Å². The van der Waals surface area contributed by atoms with Crippen LogP contribution in [-0.2, 0) is 0 Å². The molecule has 0 nitrogen and oxygen atoms in total. The maximum Gasteiger partial charge on any atom is 0.148 e. The molecule has 3 heteroatoms. The van der Waals surface area contributed by atoms with E-state index in [9.17, 15) is 8.78 Å². The minimum atomic E-state index is -0.656. The summed E-state index contributed by atoms with van der Waals surface area (Å²) in [7, 11) is 1.64. The molecule has 29 heavy (non-hydrogen) atoms. The first-order chi connectivity index (χ1) is 13.9. The van der Waals surface area contributed by atoms with E-state index in [-0.39, 0.29) is 5.56 Å². The van der Waals surface area contributed by atoms with Crippen molar-refractivity contribution in [3.05, 3.63) is 99.1 Å². The second kappa shape index (κ2) is 8.81. The van der Waals surface area contributed by atoms with Gasteiger partial charge in [0.25, 0.3) is 0 Å². The zero-order valence-corrected chi connectivity index (χ0v) is 17.0. The SMILES string of the molecule is C[B]c1cc(F)c(C#Cc2ccc(C#Cc3c(C)cc(C)cc3C)cc2)c(F)c1. The van der Waals surface area contributed by atoms with Gasteiger partial charge in [-0.25, -0.2) is 8.78 Å². The van der Waals surface area contributed by atoms with Crippen LogP contribution >= 0.6 is 0 Å². The molecular weight excluding hydrogens is 361 g/mol. The molecule has 0 saturated heterocycles. The Labute approximate surface area is 172 Å². The van der Waals surface area contributed by atoms with Gasteiger partial charge in [0.2, 0.25) is 0 Å². The molecule has 0 atom stereocenters. The third-order valence-corrected chi connectivity index (χ3v) is 4.62. The highest BCUT2D eigenvalue weighted by Gasteiger charge is 2.08. The molecule has 0 fully saturated rings. The molecule has 0 aromatic heterocycles. The Kier molecular flexibility index (Phi) is 6.21. The molecule has 0 aliphatic heterocycles. The molecule has 0 N–H and O–H groups in total. The van der Waals surface area contributed by atoms with Crippen LogP contribution in [0.3, 0.4) is 0 Å². The van der Waals surface area contributed by atoms with Gasteiger partial charge in [0.15, 0.2) is 0 Å². The van der Waals surface area contributed by atoms with Crippen molar-refractivity contribution in [1.29, 1.82) is 0 Å². The summed E-state index contributed by atoms with van der Waals surface area (Å²) in [5.41, 5.74) is 6.39. The third kappa shape index (κ3) is 4.95. The standard InChI is InChI=1S/C26H20BF2/c1-17-13-18(2)23(19(3)14-17)11-9-20-5-7-21(8-6-20)10-12-24-25(28)15-22(27-4)16-26(24)29/h5-8,13-16H,1-4H3. The summed E-state index contributed by atoms with van der Waals surface area (Å²) in [4.78, 5) is 0. The molecule has 0 unspecified atom stereocenters. The van der Waals surface area contributed by atoms with Gasteiger partial charge in [0.05, 0.1) is 5.56 Å². The monoisotopic (exact) mass is 381 g/mol. The van der Waals surface area contributed by atoms with E-state index < -0.39 is 11.6 Å². The van der Waals surface area contributed by atoms with Crippen molar-refractivity contribution in [2.24, 2.45) is 0 Å². The van der Waals surface area contributed by atoms with Crippen LogP contribution in [0.25, 0.3) is 0 Å². The molecule has 0 bridgehead atoms. The Morgan fingerprint density at radius 1 is 0.655 bits per heavy atom. The van der Waals surface area contributed by atoms with Gasteiger partial charge in [-0.2, -0.15) is 0 Å². The van der Waals surface area contributed by atoms with Gasteiger partial charge in [-0.1, -0.05) is 53.7 Å². The van der Waals surface area contributed by atoms with Crippen LogP contribution in [0.1, 0.15) is 38.9 Å². The summed E-state index contributed by atoms with van der Waals surface area (Å²) in [6.45, 7) is 7.93. The predicted molar refractivity (Wildman–Crippen MR) is 117 cm³/mol. The number of aryl methyl sites for hydroxylation is 3. The average molecular weight is 381 g/mol. The fourth-order valence-corrected chi connectivity index (χ4v) is 3.16. The Balaban J connectivity index is 1.83. The van der Waals surface area contributed by atoms with E-state index in [2.05, 4.69) is 56.6 Å². The van der Waals surface area contributed by atoms with Gasteiger partial charge in [-0.05, 0) is 68.3 Å². The van der Waals surface area contributed by atoms with E-state index in [1.807, 2.05) is 12.1 Å². The molecule has 3 aromatic rings. The highest BCUT2D eigenvalue weighted by molar-refractivity contribution is 6.51. The summed E-state index contributed by atoms with van der Waals surface area (Å²) >= 11 is 0. The van der Waals surface area contributed by atoms with Crippen molar-refractivity contribution in [3.63, 3.8) is 0 Å². The summed E-state index contributed by atoms with van der Waals surface area (Å²) in [5.74, 6) is 10.5. The first kappa shape index (κ1) is 20.4. The quantitative estimate of drug-likeness (QED) is 0.408. The molecule has 0 aliphatic carbocycles. The van der Waals surface area contributed by atoms with E-state index in [1.165, 1.54) is 17.7 Å². The normalized spacial score (nSPS) is 9.86. The summed E-state index contributed by atoms with van der Waals surface area (Å²) in [6, 6.07) is 14.1. The first-order valence-electron chi connectivity index (χ1n) is 9.37. The zero-order valence-electron chi connectivity index (χ0n) is 17.0. The molecule has 0 saturated carbocycles. The van der Waals surface area contributed by atoms with Crippen LogP contribution in [0.5, 0.6) is 0 Å². The Morgan fingerprint density at radius 2 is 1.10 bits per heavy atom. The van der Waals surface area contributed by atoms with Crippen LogP contribution in [0, 0.1) is 56.1 Å². The van der Waals surface area contributed by atoms with Crippen molar-refractivity contribution >= 4 is 12.7 Å². The van der Waals surface area contributed by atoms with Crippen molar-refractivity contribution in [1.82, 2.24) is 0 Å². The number of hydrogen-bond donors (Lipinski definition) is 0. The van der Waals surface area contributed by atoms with E-state index >= 15 is 0 Å². The first-order valence-corrected chi connectivity index (χ1v) is 9.37. The minimum Gasteiger partial charge on any atom is -0.206 e. The van der Waals surface area contributed by atoms with Gasteiger partial charge >= 0.3 is 0 Å². The molecule has 3 aromatic carbocycles. The van der Waals surface area contributed by atoms with Gasteiger partial charge < -0.3 is 0 Å². The summed E-state index contributed by atoms with van der Waals surface area (Å²) < 4.78 is 28.1. The lowest BCUT2D eigenvalue weighted by atomic mass is 9.73. The molecule has 0 spiro atoms. The minimum absolute atomic E-state index is 0.218. The number of benzene rings is 3. The van der Waals surface area contributed by atoms with E-state index in [0.29, 0.717) is 11.0 Å². The van der Waals surface area contributed by atoms with Gasteiger partial charge in [0, 0.05) is 16.7 Å². The van der Waals surface area contributed by atoms with Gasteiger partial charge in [-0.3, -0.25) is 0 Å². The average Bonchev–Trinajstić information content (AvgIpc) is 2.67. The topological polar surface area (TPSA) is 0 Å². The highest BCUT2D eigenvalue weighted by Crippen LogP contribution is 2.15. The molecule has 0 aliphatic rings. The molecule has 0 amide bonds.